The van der Waals surface area contributed by atoms with E-state index in [4.69, 9.17) is 19.7 Å². The van der Waals surface area contributed by atoms with E-state index in [0.717, 1.165) is 0 Å². The SMILES string of the molecule is CO/N=C/c1ccc(-c2cc(N(C)C)c3c(c2O)C(=O)C2=C(OC[OH+]C)C4C(=O)C(C(N)=O)C(C)(O)C(N(C)C)C4CC2C3)o1. The molecule has 1 saturated carbocycles. The number of furan rings is 1. The number of carbonyl (C=O) groups excluding carboxylic acids is 3. The lowest BCUT2D eigenvalue weighted by atomic mass is 9.55. The summed E-state index contributed by atoms with van der Waals surface area (Å²) in [6.45, 7) is 1.33. The molecule has 1 aromatic heterocycles. The van der Waals surface area contributed by atoms with Crippen LogP contribution in [-0.2, 0) is 25.6 Å². The van der Waals surface area contributed by atoms with Crippen LogP contribution >= 0.6 is 0 Å². The van der Waals surface area contributed by atoms with Crippen molar-refractivity contribution in [1.82, 2.24) is 4.90 Å². The number of primary amides is 1. The molecular weight excluding hydrogens is 584 g/mol. The first-order valence-electron chi connectivity index (χ1n) is 14.7. The molecule has 0 aliphatic heterocycles. The van der Waals surface area contributed by atoms with Gasteiger partial charge in [0.25, 0.3) is 6.79 Å². The number of rotatable bonds is 9. The van der Waals surface area contributed by atoms with Gasteiger partial charge in [0.05, 0.1) is 22.6 Å². The van der Waals surface area contributed by atoms with Crippen LogP contribution < -0.4 is 10.6 Å². The Morgan fingerprint density at radius 3 is 2.58 bits per heavy atom. The fraction of sp³-hybridized carbons (Fsp3) is 0.500. The third kappa shape index (κ3) is 5.18. The number of oxime groups is 1. The Kier molecular flexibility index (Phi) is 8.55. The van der Waals surface area contributed by atoms with Crippen molar-refractivity contribution in [2.75, 3.05) is 54.1 Å². The third-order valence-corrected chi connectivity index (χ3v) is 9.28. The number of ketones is 2. The van der Waals surface area contributed by atoms with Crippen molar-refractivity contribution in [1.29, 1.82) is 0 Å². The molecular formula is C32H41N4O9+. The van der Waals surface area contributed by atoms with Gasteiger partial charge in [-0.1, -0.05) is 5.16 Å². The van der Waals surface area contributed by atoms with E-state index >= 15 is 0 Å². The van der Waals surface area contributed by atoms with Crippen molar-refractivity contribution < 1.29 is 43.3 Å². The van der Waals surface area contributed by atoms with Gasteiger partial charge in [0, 0.05) is 31.4 Å². The molecule has 1 heterocycles. The molecule has 0 bridgehead atoms. The molecule has 1 aromatic carbocycles. The minimum Gasteiger partial charge on any atom is -0.506 e. The van der Waals surface area contributed by atoms with Gasteiger partial charge in [-0.2, -0.15) is 0 Å². The largest absolute Gasteiger partial charge is 0.506 e. The molecule has 6 unspecified atom stereocenters. The fourth-order valence-corrected chi connectivity index (χ4v) is 7.78. The van der Waals surface area contributed by atoms with Gasteiger partial charge in [0.2, 0.25) is 5.91 Å². The maximum absolute atomic E-state index is 14.6. The number of Topliss-reactive ketones (excluding diaryl/α,β-unsaturated/α-hetero) is 2. The van der Waals surface area contributed by atoms with Gasteiger partial charge in [-0.25, -0.2) is 0 Å². The van der Waals surface area contributed by atoms with E-state index in [1.807, 2.05) is 19.0 Å². The van der Waals surface area contributed by atoms with Gasteiger partial charge in [-0.05, 0) is 69.5 Å². The second-order valence-electron chi connectivity index (χ2n) is 12.5. The number of phenols is 1. The number of carbonyl (C=O) groups is 3. The predicted molar refractivity (Wildman–Crippen MR) is 165 cm³/mol. The number of ether oxygens (including phenoxy) is 2. The van der Waals surface area contributed by atoms with E-state index in [-0.39, 0.29) is 29.4 Å². The molecule has 13 nitrogen and oxygen atoms in total. The Labute approximate surface area is 261 Å². The number of amides is 1. The number of benzene rings is 1. The molecule has 242 valence electrons. The first-order chi connectivity index (χ1) is 21.3. The molecule has 3 aliphatic carbocycles. The first kappa shape index (κ1) is 32.2. The monoisotopic (exact) mass is 625 g/mol. The van der Waals surface area contributed by atoms with Crippen LogP contribution in [0.4, 0.5) is 5.69 Å². The zero-order valence-corrected chi connectivity index (χ0v) is 26.5. The number of aromatic hydroxyl groups is 1. The quantitative estimate of drug-likeness (QED) is 0.121. The van der Waals surface area contributed by atoms with Gasteiger partial charge < -0.3 is 44.5 Å². The predicted octanol–water partition coefficient (Wildman–Crippen LogP) is 1.44. The van der Waals surface area contributed by atoms with Gasteiger partial charge >= 0.3 is 0 Å². The van der Waals surface area contributed by atoms with Crippen molar-refractivity contribution in [3.05, 3.63) is 46.4 Å². The normalized spacial score (nSPS) is 27.8. The number of nitrogens with zero attached hydrogens (tertiary/aromatic N) is 3. The molecule has 0 saturated heterocycles. The van der Waals surface area contributed by atoms with Crippen molar-refractivity contribution in [3.63, 3.8) is 0 Å². The molecule has 5 rings (SSSR count). The standard InChI is InChI=1S/C32H40N4O9/c1-32(41)25(31(33)40)28(39)24-19(30(32)36(4)5)11-15-10-17-20(35(2)3)12-18(21-9-8-16(45-21)13-34-43-7)26(37)23(17)27(38)22(15)29(24)44-14-42-6/h8-9,12-13,15,19,24-25,30,37,41H,10-11,14H2,1-7H3,(H2,33,40)/p+1/b34-13+. The molecule has 3 aliphatic rings. The summed E-state index contributed by atoms with van der Waals surface area (Å²) in [4.78, 5) is 49.7. The van der Waals surface area contributed by atoms with E-state index in [2.05, 4.69) is 9.89 Å². The number of anilines is 1. The zero-order valence-electron chi connectivity index (χ0n) is 26.5. The lowest BCUT2D eigenvalue weighted by Crippen LogP contribution is -2.69. The summed E-state index contributed by atoms with van der Waals surface area (Å²) in [5, 5.41) is 27.1. The first-order valence-corrected chi connectivity index (χ1v) is 14.7. The maximum atomic E-state index is 14.6. The highest BCUT2D eigenvalue weighted by atomic mass is 16.7. The number of likely N-dealkylation sites (N-methyl/N-ethyl adjacent to an activating group) is 1. The average Bonchev–Trinajstić information content (AvgIpc) is 3.41. The second kappa shape index (κ2) is 12.0. The Balaban J connectivity index is 1.73. The summed E-state index contributed by atoms with van der Waals surface area (Å²) in [6.07, 6.45) is 2.09. The number of allylic oxidation sites excluding steroid dienone is 2. The molecule has 0 spiro atoms. The van der Waals surface area contributed by atoms with E-state index in [1.165, 1.54) is 20.2 Å². The number of aliphatic hydroxyl groups is 3. The second-order valence-corrected chi connectivity index (χ2v) is 12.5. The maximum Gasteiger partial charge on any atom is 0.294 e. The average molecular weight is 626 g/mol. The highest BCUT2D eigenvalue weighted by molar-refractivity contribution is 6.16. The Bertz CT molecular complexity index is 1590. The van der Waals surface area contributed by atoms with Gasteiger partial charge in [-0.3, -0.25) is 14.4 Å². The minimum atomic E-state index is -1.76. The third-order valence-electron chi connectivity index (χ3n) is 9.28. The lowest BCUT2D eigenvalue weighted by Gasteiger charge is -2.54. The van der Waals surface area contributed by atoms with E-state index in [0.29, 0.717) is 41.2 Å². The number of phenolic OH excluding ortho intramolecular Hbond substituents is 1. The summed E-state index contributed by atoms with van der Waals surface area (Å²) in [5.41, 5.74) is 5.95. The number of nitrogens with two attached hydrogens (primary N) is 1. The molecule has 0 radical (unpaired) electrons. The van der Waals surface area contributed by atoms with Crippen LogP contribution in [0.15, 0.2) is 39.1 Å². The smallest absolute Gasteiger partial charge is 0.294 e. The number of fused-ring (bicyclic) bond motifs is 3. The molecule has 45 heavy (non-hydrogen) atoms. The minimum absolute atomic E-state index is 0.0878. The molecule has 6 atom stereocenters. The van der Waals surface area contributed by atoms with Crippen LogP contribution in [0.2, 0.25) is 0 Å². The molecule has 13 heteroatoms. The fourth-order valence-electron chi connectivity index (χ4n) is 7.78. The van der Waals surface area contributed by atoms with Gasteiger partial charge in [-0.15, -0.1) is 0 Å². The van der Waals surface area contributed by atoms with Gasteiger partial charge in [0.1, 0.15) is 49.4 Å². The Morgan fingerprint density at radius 1 is 1.27 bits per heavy atom. The Hall–Kier alpha value is -4.20. The molecule has 5 N–H and O–H groups in total. The van der Waals surface area contributed by atoms with E-state index < -0.39 is 52.8 Å². The molecule has 1 fully saturated rings. The van der Waals surface area contributed by atoms with E-state index in [1.54, 1.807) is 44.3 Å². The summed E-state index contributed by atoms with van der Waals surface area (Å²) in [7, 11) is 10.2. The topological polar surface area (TPSA) is 181 Å². The van der Waals surface area contributed by atoms with Crippen LogP contribution in [0.3, 0.4) is 0 Å². The summed E-state index contributed by atoms with van der Waals surface area (Å²) < 4.78 is 16.0. The molecule has 2 aromatic rings. The molecule has 1 amide bonds. The van der Waals surface area contributed by atoms with Crippen LogP contribution in [0.5, 0.6) is 5.75 Å². The van der Waals surface area contributed by atoms with Crippen LogP contribution in [-0.4, -0.2) is 104 Å². The zero-order chi connectivity index (χ0) is 33.0. The van der Waals surface area contributed by atoms with Crippen molar-refractivity contribution in [3.8, 4) is 17.1 Å². The summed E-state index contributed by atoms with van der Waals surface area (Å²) in [6, 6.07) is 4.44. The number of hydrogen-bond acceptors (Lipinski definition) is 11. The number of hydrogen-bond donors (Lipinski definition) is 3. The van der Waals surface area contributed by atoms with Crippen LogP contribution in [0.25, 0.3) is 11.3 Å². The van der Waals surface area contributed by atoms with Crippen molar-refractivity contribution in [2.24, 2.45) is 34.6 Å². The lowest BCUT2D eigenvalue weighted by molar-refractivity contribution is -0.174. The van der Waals surface area contributed by atoms with Crippen LogP contribution in [0, 0.1) is 23.7 Å². The summed E-state index contributed by atoms with van der Waals surface area (Å²) >= 11 is 0. The van der Waals surface area contributed by atoms with E-state index in [9.17, 15) is 24.6 Å². The van der Waals surface area contributed by atoms with Crippen molar-refractivity contribution in [2.45, 2.75) is 31.4 Å². The van der Waals surface area contributed by atoms with Crippen molar-refractivity contribution >= 4 is 29.4 Å². The highest BCUT2D eigenvalue weighted by Crippen LogP contribution is 2.55. The summed E-state index contributed by atoms with van der Waals surface area (Å²) in [5.74, 6) is -4.95. The Morgan fingerprint density at radius 2 is 1.98 bits per heavy atom. The van der Waals surface area contributed by atoms with Crippen LogP contribution in [0.1, 0.15) is 35.0 Å². The highest BCUT2D eigenvalue weighted by Gasteiger charge is 2.63. The van der Waals surface area contributed by atoms with Gasteiger partial charge in [0.15, 0.2) is 11.6 Å².